The Kier molecular flexibility index (Phi) is 10.4. The molecule has 1 saturated heterocycles. The van der Waals surface area contributed by atoms with Crippen molar-refractivity contribution in [1.29, 1.82) is 0 Å². The van der Waals surface area contributed by atoms with E-state index >= 15 is 0 Å². The molecular weight excluding hydrogens is 313 g/mol. The van der Waals surface area contributed by atoms with Crippen LogP contribution in [0.2, 0.25) is 0 Å². The van der Waals surface area contributed by atoms with Gasteiger partial charge in [0.2, 0.25) is 5.91 Å². The third-order valence-corrected chi connectivity index (χ3v) is 3.57. The fraction of sp³-hybridized carbons (Fsp3) is 0.769. The van der Waals surface area contributed by atoms with Crippen LogP contribution in [0, 0.1) is 5.92 Å². The van der Waals surface area contributed by atoms with Gasteiger partial charge in [-0.15, -0.1) is 24.8 Å². The molecule has 1 aromatic rings. The topological polar surface area (TPSA) is 71.8 Å². The maximum Gasteiger partial charge on any atom is 0.220 e. The Morgan fingerprint density at radius 3 is 2.76 bits per heavy atom. The molecule has 0 radical (unpaired) electrons. The van der Waals surface area contributed by atoms with Crippen molar-refractivity contribution in [2.24, 2.45) is 5.92 Å². The SMILES string of the molecule is CC(Cn1cncn1)NC(=O)CCC1CCNCC1.Cl.Cl. The van der Waals surface area contributed by atoms with Gasteiger partial charge in [0.15, 0.2) is 0 Å². The Bertz CT molecular complexity index is 382. The second-order valence-corrected chi connectivity index (χ2v) is 5.32. The number of aromatic nitrogens is 3. The zero-order valence-corrected chi connectivity index (χ0v) is 14.0. The number of hydrogen-bond donors (Lipinski definition) is 2. The highest BCUT2D eigenvalue weighted by Crippen LogP contribution is 2.17. The van der Waals surface area contributed by atoms with Gasteiger partial charge in [-0.2, -0.15) is 5.10 Å². The highest BCUT2D eigenvalue weighted by Gasteiger charge is 2.15. The van der Waals surface area contributed by atoms with E-state index in [9.17, 15) is 4.79 Å². The van der Waals surface area contributed by atoms with Crippen LogP contribution in [0.3, 0.4) is 0 Å². The normalized spacial score (nSPS) is 16.4. The van der Waals surface area contributed by atoms with Gasteiger partial charge >= 0.3 is 0 Å². The largest absolute Gasteiger partial charge is 0.352 e. The van der Waals surface area contributed by atoms with E-state index in [1.165, 1.54) is 19.2 Å². The zero-order chi connectivity index (χ0) is 13.5. The van der Waals surface area contributed by atoms with Crippen molar-refractivity contribution in [3.05, 3.63) is 12.7 Å². The van der Waals surface area contributed by atoms with Crippen molar-refractivity contribution in [3.8, 4) is 0 Å². The van der Waals surface area contributed by atoms with Crippen molar-refractivity contribution >= 4 is 30.7 Å². The summed E-state index contributed by atoms with van der Waals surface area (Å²) in [6, 6.07) is 0.0854. The van der Waals surface area contributed by atoms with Gasteiger partial charge in [-0.3, -0.25) is 9.48 Å². The number of nitrogens with zero attached hydrogens (tertiary/aromatic N) is 3. The Balaban J connectivity index is 0.00000200. The van der Waals surface area contributed by atoms with E-state index in [4.69, 9.17) is 0 Å². The van der Waals surface area contributed by atoms with E-state index < -0.39 is 0 Å². The first kappa shape index (κ1) is 20.1. The van der Waals surface area contributed by atoms with Gasteiger partial charge in [-0.05, 0) is 45.2 Å². The summed E-state index contributed by atoms with van der Waals surface area (Å²) in [5.41, 5.74) is 0. The molecule has 21 heavy (non-hydrogen) atoms. The number of amides is 1. The number of carbonyl (C=O) groups is 1. The van der Waals surface area contributed by atoms with E-state index in [-0.39, 0.29) is 36.8 Å². The molecule has 0 bridgehead atoms. The molecule has 6 nitrogen and oxygen atoms in total. The molecule has 2 N–H and O–H groups in total. The van der Waals surface area contributed by atoms with E-state index in [0.717, 1.165) is 19.5 Å². The van der Waals surface area contributed by atoms with E-state index in [2.05, 4.69) is 20.7 Å². The van der Waals surface area contributed by atoms with Crippen LogP contribution in [0.15, 0.2) is 12.7 Å². The Labute approximate surface area is 138 Å². The first-order valence-corrected chi connectivity index (χ1v) is 7.06. The average molecular weight is 338 g/mol. The molecule has 0 saturated carbocycles. The fourth-order valence-electron chi connectivity index (χ4n) is 2.51. The lowest BCUT2D eigenvalue weighted by Crippen LogP contribution is -2.36. The molecule has 2 heterocycles. The molecule has 1 unspecified atom stereocenters. The second-order valence-electron chi connectivity index (χ2n) is 5.32. The van der Waals surface area contributed by atoms with Crippen LogP contribution in [0.25, 0.3) is 0 Å². The van der Waals surface area contributed by atoms with Crippen LogP contribution in [0.4, 0.5) is 0 Å². The maximum absolute atomic E-state index is 11.9. The van der Waals surface area contributed by atoms with Crippen molar-refractivity contribution in [3.63, 3.8) is 0 Å². The number of rotatable bonds is 6. The van der Waals surface area contributed by atoms with Crippen LogP contribution in [0.1, 0.15) is 32.6 Å². The summed E-state index contributed by atoms with van der Waals surface area (Å²) < 4.78 is 1.73. The van der Waals surface area contributed by atoms with Gasteiger partial charge in [0.05, 0.1) is 6.54 Å². The van der Waals surface area contributed by atoms with Crippen LogP contribution >= 0.6 is 24.8 Å². The lowest BCUT2D eigenvalue weighted by Gasteiger charge is -2.22. The summed E-state index contributed by atoms with van der Waals surface area (Å²) in [4.78, 5) is 15.7. The van der Waals surface area contributed by atoms with Crippen LogP contribution in [0.5, 0.6) is 0 Å². The summed E-state index contributed by atoms with van der Waals surface area (Å²) in [6.45, 7) is 4.84. The molecular formula is C13H25Cl2N5O. The number of piperidine rings is 1. The van der Waals surface area contributed by atoms with Crippen molar-refractivity contribution < 1.29 is 4.79 Å². The minimum Gasteiger partial charge on any atom is -0.352 e. The van der Waals surface area contributed by atoms with E-state index in [1.807, 2.05) is 6.92 Å². The molecule has 0 aliphatic carbocycles. The van der Waals surface area contributed by atoms with Gasteiger partial charge in [-0.1, -0.05) is 0 Å². The highest BCUT2D eigenvalue weighted by atomic mass is 35.5. The van der Waals surface area contributed by atoms with Gasteiger partial charge in [-0.25, -0.2) is 4.98 Å². The first-order chi connectivity index (χ1) is 9.24. The second kappa shape index (κ2) is 10.8. The molecule has 2 rings (SSSR count). The average Bonchev–Trinajstić information content (AvgIpc) is 2.90. The lowest BCUT2D eigenvalue weighted by atomic mass is 9.93. The third kappa shape index (κ3) is 7.64. The minimum absolute atomic E-state index is 0. The Morgan fingerprint density at radius 1 is 1.43 bits per heavy atom. The van der Waals surface area contributed by atoms with Crippen LogP contribution in [-0.4, -0.2) is 39.8 Å². The predicted molar refractivity (Wildman–Crippen MR) is 87.0 cm³/mol. The quantitative estimate of drug-likeness (QED) is 0.823. The number of hydrogen-bond acceptors (Lipinski definition) is 4. The number of nitrogens with one attached hydrogen (secondary N) is 2. The Hall–Kier alpha value is -0.850. The molecule has 8 heteroatoms. The monoisotopic (exact) mass is 337 g/mol. The summed E-state index contributed by atoms with van der Waals surface area (Å²) in [6.07, 6.45) is 7.20. The van der Waals surface area contributed by atoms with Gasteiger partial charge < -0.3 is 10.6 Å². The van der Waals surface area contributed by atoms with Crippen LogP contribution < -0.4 is 10.6 Å². The number of carbonyl (C=O) groups excluding carboxylic acids is 1. The van der Waals surface area contributed by atoms with Gasteiger partial charge in [0.25, 0.3) is 0 Å². The first-order valence-electron chi connectivity index (χ1n) is 7.06. The van der Waals surface area contributed by atoms with Gasteiger partial charge in [0.1, 0.15) is 12.7 Å². The fourth-order valence-corrected chi connectivity index (χ4v) is 2.51. The van der Waals surface area contributed by atoms with Gasteiger partial charge in [0, 0.05) is 12.5 Å². The molecule has 0 spiro atoms. The predicted octanol–water partition coefficient (Wildman–Crippen LogP) is 1.41. The Morgan fingerprint density at radius 2 is 2.14 bits per heavy atom. The van der Waals surface area contributed by atoms with Crippen molar-refractivity contribution in [1.82, 2.24) is 25.4 Å². The van der Waals surface area contributed by atoms with Crippen molar-refractivity contribution in [2.75, 3.05) is 13.1 Å². The molecule has 1 aliphatic heterocycles. The summed E-state index contributed by atoms with van der Waals surface area (Å²) in [5.74, 6) is 0.851. The summed E-state index contributed by atoms with van der Waals surface area (Å²) in [5, 5.41) is 10.4. The minimum atomic E-state index is 0. The number of halogens is 2. The lowest BCUT2D eigenvalue weighted by molar-refractivity contribution is -0.122. The smallest absolute Gasteiger partial charge is 0.220 e. The molecule has 0 aromatic carbocycles. The molecule has 1 amide bonds. The molecule has 1 atom stereocenters. The third-order valence-electron chi connectivity index (χ3n) is 3.57. The summed E-state index contributed by atoms with van der Waals surface area (Å²) >= 11 is 0. The van der Waals surface area contributed by atoms with Crippen molar-refractivity contribution in [2.45, 2.75) is 45.2 Å². The zero-order valence-electron chi connectivity index (χ0n) is 12.3. The molecule has 1 aliphatic rings. The molecule has 1 fully saturated rings. The maximum atomic E-state index is 11.9. The standard InChI is InChI=1S/C13H23N5O.2ClH/c1-11(8-18-10-15-9-16-18)17-13(19)3-2-12-4-6-14-7-5-12;;/h9-12,14H,2-8H2,1H3,(H,17,19);2*1H. The van der Waals surface area contributed by atoms with E-state index in [0.29, 0.717) is 18.9 Å². The molecule has 122 valence electrons. The molecule has 1 aromatic heterocycles. The highest BCUT2D eigenvalue weighted by molar-refractivity contribution is 5.85. The van der Waals surface area contributed by atoms with Crippen LogP contribution in [-0.2, 0) is 11.3 Å². The summed E-state index contributed by atoms with van der Waals surface area (Å²) in [7, 11) is 0. The van der Waals surface area contributed by atoms with E-state index in [1.54, 1.807) is 11.0 Å².